The summed E-state index contributed by atoms with van der Waals surface area (Å²) in [5.74, 6) is -1.69. The largest absolute Gasteiger partial charge is 0.364 e. The highest BCUT2D eigenvalue weighted by atomic mass is 32.2. The van der Waals surface area contributed by atoms with E-state index in [-0.39, 0.29) is 22.9 Å². The molecule has 2 atom stereocenters. The highest BCUT2D eigenvalue weighted by molar-refractivity contribution is 7.92. The summed E-state index contributed by atoms with van der Waals surface area (Å²) in [6, 6.07) is 13.3. The van der Waals surface area contributed by atoms with Gasteiger partial charge in [-0.2, -0.15) is 0 Å². The van der Waals surface area contributed by atoms with Crippen LogP contribution in [0.15, 0.2) is 70.5 Å². The smallest absolute Gasteiger partial charge is 0.349 e. The Hall–Kier alpha value is -3.06. The third kappa shape index (κ3) is 7.36. The number of carbonyl (C=O) groups excluding carboxylic acids is 2. The molecule has 0 bridgehead atoms. The fourth-order valence-electron chi connectivity index (χ4n) is 4.77. The molecule has 40 heavy (non-hydrogen) atoms. The molecule has 2 fully saturated rings. The SMILES string of the molecule is Cc1ccc(S(=O)(=O)C2CCCN(OC(=O)/C=C\C(=O)ON3CCCC(S(=O)(=O)c4ccc(C)cc4)C3)C2)cc1. The first kappa shape index (κ1) is 29.9. The summed E-state index contributed by atoms with van der Waals surface area (Å²) in [6.07, 6.45) is 3.76. The van der Waals surface area contributed by atoms with Crippen molar-refractivity contribution in [2.24, 2.45) is 0 Å². The van der Waals surface area contributed by atoms with Gasteiger partial charge in [0.05, 0.1) is 33.4 Å². The molecule has 0 radical (unpaired) electrons. The lowest BCUT2D eigenvalue weighted by Gasteiger charge is -2.30. The molecule has 2 aromatic carbocycles. The van der Waals surface area contributed by atoms with Crippen LogP contribution in [0, 0.1) is 13.8 Å². The zero-order chi connectivity index (χ0) is 28.9. The molecule has 2 aromatic rings. The number of hydrogen-bond acceptors (Lipinski definition) is 10. The highest BCUT2D eigenvalue weighted by Gasteiger charge is 2.34. The maximum Gasteiger partial charge on any atom is 0.349 e. The molecule has 0 N–H and O–H groups in total. The van der Waals surface area contributed by atoms with E-state index in [1.807, 2.05) is 13.8 Å². The molecule has 12 heteroatoms. The second-order valence-electron chi connectivity index (χ2n) is 10.2. The van der Waals surface area contributed by atoms with Gasteiger partial charge in [0.2, 0.25) is 0 Å². The van der Waals surface area contributed by atoms with Gasteiger partial charge in [0.15, 0.2) is 19.7 Å². The summed E-state index contributed by atoms with van der Waals surface area (Å²) in [7, 11) is -7.20. The standard InChI is InChI=1S/C28H34N2O8S2/c1-21-7-11-23(12-8-21)39(33,34)25-5-3-17-29(19-25)37-27(31)15-16-28(32)38-30-18-4-6-26(20-30)40(35,36)24-13-9-22(2)10-14-24/h7-16,25-26H,3-6,17-20H2,1-2H3/b16-15-. The molecule has 0 aliphatic carbocycles. The van der Waals surface area contributed by atoms with Gasteiger partial charge in [0.1, 0.15) is 0 Å². The number of nitrogens with zero attached hydrogens (tertiary/aromatic N) is 2. The lowest BCUT2D eigenvalue weighted by molar-refractivity contribution is -0.190. The van der Waals surface area contributed by atoms with Gasteiger partial charge in [-0.15, -0.1) is 10.1 Å². The van der Waals surface area contributed by atoms with E-state index >= 15 is 0 Å². The monoisotopic (exact) mass is 590 g/mol. The van der Waals surface area contributed by atoms with Crippen molar-refractivity contribution in [3.05, 3.63) is 71.8 Å². The second kappa shape index (κ2) is 12.6. The van der Waals surface area contributed by atoms with Crippen molar-refractivity contribution in [3.63, 3.8) is 0 Å². The number of rotatable bonds is 8. The minimum Gasteiger partial charge on any atom is -0.364 e. The topological polar surface area (TPSA) is 127 Å². The number of aryl methyl sites for hydroxylation is 2. The predicted octanol–water partition coefficient (Wildman–Crippen LogP) is 2.95. The van der Waals surface area contributed by atoms with Crippen LogP contribution in [-0.2, 0) is 38.9 Å². The van der Waals surface area contributed by atoms with E-state index in [4.69, 9.17) is 9.68 Å². The van der Waals surface area contributed by atoms with Crippen molar-refractivity contribution in [3.8, 4) is 0 Å². The van der Waals surface area contributed by atoms with Crippen molar-refractivity contribution in [2.45, 2.75) is 59.8 Å². The first-order chi connectivity index (χ1) is 18.9. The number of piperidine rings is 2. The van der Waals surface area contributed by atoms with Crippen LogP contribution in [0.3, 0.4) is 0 Å². The average Bonchev–Trinajstić information content (AvgIpc) is 2.93. The third-order valence-corrected chi connectivity index (χ3v) is 11.4. The van der Waals surface area contributed by atoms with Crippen LogP contribution in [0.25, 0.3) is 0 Å². The lowest BCUT2D eigenvalue weighted by Crippen LogP contribution is -2.43. The molecule has 2 saturated heterocycles. The summed E-state index contributed by atoms with van der Waals surface area (Å²) in [6.45, 7) is 4.53. The van der Waals surface area contributed by atoms with Crippen molar-refractivity contribution in [1.29, 1.82) is 0 Å². The average molecular weight is 591 g/mol. The van der Waals surface area contributed by atoms with Gasteiger partial charge in [-0.3, -0.25) is 0 Å². The van der Waals surface area contributed by atoms with E-state index < -0.39 is 42.1 Å². The summed E-state index contributed by atoms with van der Waals surface area (Å²) in [5, 5.41) is 1.13. The van der Waals surface area contributed by atoms with Crippen LogP contribution in [0.5, 0.6) is 0 Å². The van der Waals surface area contributed by atoms with Crippen LogP contribution < -0.4 is 0 Å². The van der Waals surface area contributed by atoms with Gasteiger partial charge in [0.25, 0.3) is 0 Å². The molecule has 2 unspecified atom stereocenters. The van der Waals surface area contributed by atoms with Crippen LogP contribution in [0.1, 0.15) is 36.8 Å². The third-order valence-electron chi connectivity index (χ3n) is 7.05. The molecule has 10 nitrogen and oxygen atoms in total. The molecule has 2 heterocycles. The van der Waals surface area contributed by atoms with Crippen molar-refractivity contribution in [1.82, 2.24) is 10.1 Å². The molecule has 216 valence electrons. The van der Waals surface area contributed by atoms with Gasteiger partial charge in [-0.1, -0.05) is 35.4 Å². The van der Waals surface area contributed by atoms with E-state index in [0.717, 1.165) is 23.3 Å². The molecule has 2 aliphatic rings. The number of hydroxylamine groups is 4. The Labute approximate surface area is 235 Å². The zero-order valence-electron chi connectivity index (χ0n) is 22.6. The quantitative estimate of drug-likeness (QED) is 0.424. The van der Waals surface area contributed by atoms with Gasteiger partial charge < -0.3 is 9.68 Å². The molecule has 2 aliphatic heterocycles. The normalized spacial score (nSPS) is 21.2. The zero-order valence-corrected chi connectivity index (χ0v) is 24.2. The van der Waals surface area contributed by atoms with Crippen LogP contribution in [-0.4, -0.2) is 75.6 Å². The molecule has 0 saturated carbocycles. The highest BCUT2D eigenvalue weighted by Crippen LogP contribution is 2.26. The van der Waals surface area contributed by atoms with Crippen LogP contribution in [0.2, 0.25) is 0 Å². The van der Waals surface area contributed by atoms with Gasteiger partial charge in [-0.05, 0) is 63.8 Å². The summed E-state index contributed by atoms with van der Waals surface area (Å²) < 4.78 is 52.1. The fourth-order valence-corrected chi connectivity index (χ4v) is 8.25. The molecular weight excluding hydrogens is 556 g/mol. The van der Waals surface area contributed by atoms with Gasteiger partial charge >= 0.3 is 11.9 Å². The number of hydrogen-bond donors (Lipinski definition) is 0. The molecule has 0 aromatic heterocycles. The fraction of sp³-hybridized carbons (Fsp3) is 0.429. The van der Waals surface area contributed by atoms with E-state index in [9.17, 15) is 26.4 Å². The first-order valence-corrected chi connectivity index (χ1v) is 16.3. The molecule has 0 amide bonds. The molecule has 0 spiro atoms. The Kier molecular flexibility index (Phi) is 9.44. The number of carbonyl (C=O) groups is 2. The Morgan fingerprint density at radius 1 is 0.675 bits per heavy atom. The van der Waals surface area contributed by atoms with Crippen molar-refractivity contribution >= 4 is 31.6 Å². The number of benzene rings is 2. The molecular formula is C28H34N2O8S2. The maximum atomic E-state index is 13.0. The summed E-state index contributed by atoms with van der Waals surface area (Å²) >= 11 is 0. The Morgan fingerprint density at radius 2 is 1.02 bits per heavy atom. The van der Waals surface area contributed by atoms with E-state index in [2.05, 4.69) is 0 Å². The Morgan fingerprint density at radius 3 is 1.38 bits per heavy atom. The Balaban J connectivity index is 1.28. The van der Waals surface area contributed by atoms with E-state index in [0.29, 0.717) is 38.8 Å². The van der Waals surface area contributed by atoms with Gasteiger partial charge in [0, 0.05) is 25.2 Å². The Bertz CT molecular complexity index is 1340. The summed E-state index contributed by atoms with van der Waals surface area (Å²) in [4.78, 5) is 35.7. The molecule has 4 rings (SSSR count). The first-order valence-electron chi connectivity index (χ1n) is 13.2. The van der Waals surface area contributed by atoms with Gasteiger partial charge in [-0.25, -0.2) is 26.4 Å². The minimum atomic E-state index is -3.60. The van der Waals surface area contributed by atoms with Crippen molar-refractivity contribution in [2.75, 3.05) is 26.2 Å². The lowest BCUT2D eigenvalue weighted by atomic mass is 10.2. The summed E-state index contributed by atoms with van der Waals surface area (Å²) in [5.41, 5.74) is 1.91. The van der Waals surface area contributed by atoms with Crippen LogP contribution in [0.4, 0.5) is 0 Å². The number of sulfone groups is 2. The van der Waals surface area contributed by atoms with Crippen LogP contribution >= 0.6 is 0 Å². The predicted molar refractivity (Wildman–Crippen MR) is 147 cm³/mol. The maximum absolute atomic E-state index is 13.0. The minimum absolute atomic E-state index is 0.0187. The van der Waals surface area contributed by atoms with Crippen molar-refractivity contribution < 1.29 is 36.1 Å². The van der Waals surface area contributed by atoms with E-state index in [1.54, 1.807) is 48.5 Å². The van der Waals surface area contributed by atoms with E-state index in [1.165, 1.54) is 10.1 Å². The second-order valence-corrected chi connectivity index (χ2v) is 14.6.